The Hall–Kier alpha value is -1.58. The van der Waals surface area contributed by atoms with Gasteiger partial charge in [-0.25, -0.2) is 0 Å². The molecule has 3 nitrogen and oxygen atoms in total. The SMILES string of the molecule is CSc1ccc([C@H]2CC(=O)NC(SCc3ccc(Cl)c(Cl)c3)=C2C#N)cc1. The van der Waals surface area contributed by atoms with Crippen molar-refractivity contribution in [1.29, 1.82) is 5.26 Å². The van der Waals surface area contributed by atoms with Gasteiger partial charge in [-0.05, 0) is 41.6 Å². The first kappa shape index (κ1) is 20.2. The van der Waals surface area contributed by atoms with Crippen LogP contribution in [0.4, 0.5) is 0 Å². The lowest BCUT2D eigenvalue weighted by Gasteiger charge is -2.25. The Labute approximate surface area is 177 Å². The van der Waals surface area contributed by atoms with Crippen LogP contribution in [-0.4, -0.2) is 12.2 Å². The van der Waals surface area contributed by atoms with Crippen molar-refractivity contribution in [3.8, 4) is 6.07 Å². The van der Waals surface area contributed by atoms with Gasteiger partial charge in [0.15, 0.2) is 0 Å². The van der Waals surface area contributed by atoms with Gasteiger partial charge in [-0.3, -0.25) is 4.79 Å². The number of carbonyl (C=O) groups excluding carboxylic acids is 1. The summed E-state index contributed by atoms with van der Waals surface area (Å²) in [4.78, 5) is 13.4. The number of hydrogen-bond donors (Lipinski definition) is 1. The highest BCUT2D eigenvalue weighted by Crippen LogP contribution is 2.37. The molecule has 2 aromatic rings. The molecule has 1 aliphatic heterocycles. The average Bonchev–Trinajstić information content (AvgIpc) is 2.68. The van der Waals surface area contributed by atoms with E-state index in [1.807, 2.05) is 36.6 Å². The number of hydrogen-bond acceptors (Lipinski definition) is 4. The van der Waals surface area contributed by atoms with Crippen molar-refractivity contribution in [1.82, 2.24) is 5.32 Å². The second kappa shape index (κ2) is 9.07. The fourth-order valence-electron chi connectivity index (χ4n) is 2.84. The second-order valence-corrected chi connectivity index (χ2v) is 8.65. The molecule has 2 aromatic carbocycles. The van der Waals surface area contributed by atoms with E-state index < -0.39 is 0 Å². The zero-order chi connectivity index (χ0) is 19.4. The van der Waals surface area contributed by atoms with Gasteiger partial charge in [0.05, 0.1) is 26.7 Å². The van der Waals surface area contributed by atoms with Crippen LogP contribution in [-0.2, 0) is 10.5 Å². The summed E-state index contributed by atoms with van der Waals surface area (Å²) in [7, 11) is 0. The second-order valence-electron chi connectivity index (χ2n) is 5.97. The molecular formula is C20H16Cl2N2OS2. The number of halogens is 2. The molecule has 138 valence electrons. The predicted octanol–water partition coefficient (Wildman–Crippen LogP) is 5.99. The molecule has 0 unspecified atom stereocenters. The Balaban J connectivity index is 1.86. The zero-order valence-electron chi connectivity index (χ0n) is 14.5. The highest BCUT2D eigenvalue weighted by Gasteiger charge is 2.29. The van der Waals surface area contributed by atoms with Gasteiger partial charge in [0.2, 0.25) is 5.91 Å². The number of nitrogens with one attached hydrogen (secondary N) is 1. The summed E-state index contributed by atoms with van der Waals surface area (Å²) in [5.41, 5.74) is 2.54. The molecule has 1 N–H and O–H groups in total. The summed E-state index contributed by atoms with van der Waals surface area (Å²) in [6.45, 7) is 0. The lowest BCUT2D eigenvalue weighted by atomic mass is 9.87. The van der Waals surface area contributed by atoms with Crippen molar-refractivity contribution in [2.45, 2.75) is 23.0 Å². The molecule has 0 spiro atoms. The van der Waals surface area contributed by atoms with Crippen molar-refractivity contribution >= 4 is 52.6 Å². The molecule has 7 heteroatoms. The summed E-state index contributed by atoms with van der Waals surface area (Å²) in [6, 6.07) is 15.8. The fraction of sp³-hybridized carbons (Fsp3) is 0.200. The molecule has 0 aliphatic carbocycles. The summed E-state index contributed by atoms with van der Waals surface area (Å²) in [6.07, 6.45) is 2.29. The first-order valence-corrected chi connectivity index (χ1v) is 11.1. The van der Waals surface area contributed by atoms with E-state index in [2.05, 4.69) is 11.4 Å². The topological polar surface area (TPSA) is 52.9 Å². The molecule has 0 saturated carbocycles. The number of benzene rings is 2. The normalized spacial score (nSPS) is 16.8. The fourth-order valence-corrected chi connectivity index (χ4v) is 4.59. The molecule has 1 heterocycles. The largest absolute Gasteiger partial charge is 0.320 e. The van der Waals surface area contributed by atoms with Crippen LogP contribution < -0.4 is 5.32 Å². The first-order valence-electron chi connectivity index (χ1n) is 8.16. The first-order chi connectivity index (χ1) is 13.0. The Kier molecular flexibility index (Phi) is 6.78. The maximum Gasteiger partial charge on any atom is 0.225 e. The number of allylic oxidation sites excluding steroid dienone is 1. The third-order valence-electron chi connectivity index (χ3n) is 4.24. The average molecular weight is 435 g/mol. The van der Waals surface area contributed by atoms with Gasteiger partial charge in [0, 0.05) is 23.0 Å². The summed E-state index contributed by atoms with van der Waals surface area (Å²) >= 11 is 15.1. The number of nitriles is 1. The molecule has 1 aliphatic rings. The van der Waals surface area contributed by atoms with Gasteiger partial charge in [0.1, 0.15) is 0 Å². The third-order valence-corrected chi connectivity index (χ3v) is 6.81. The highest BCUT2D eigenvalue weighted by atomic mass is 35.5. The van der Waals surface area contributed by atoms with Crippen LogP contribution >= 0.6 is 46.7 Å². The van der Waals surface area contributed by atoms with Gasteiger partial charge in [-0.2, -0.15) is 5.26 Å². The van der Waals surface area contributed by atoms with Gasteiger partial charge in [-0.1, -0.05) is 41.4 Å². The Morgan fingerprint density at radius 2 is 1.93 bits per heavy atom. The van der Waals surface area contributed by atoms with Gasteiger partial charge in [-0.15, -0.1) is 23.5 Å². The summed E-state index contributed by atoms with van der Waals surface area (Å²) in [5, 5.41) is 14.2. The molecule has 0 aromatic heterocycles. The quantitative estimate of drug-likeness (QED) is 0.587. The van der Waals surface area contributed by atoms with Crippen molar-refractivity contribution in [3.63, 3.8) is 0 Å². The molecule has 0 bridgehead atoms. The molecule has 0 saturated heterocycles. The molecule has 0 fully saturated rings. The summed E-state index contributed by atoms with van der Waals surface area (Å²) < 4.78 is 0. The van der Waals surface area contributed by atoms with Crippen LogP contribution in [0.5, 0.6) is 0 Å². The minimum Gasteiger partial charge on any atom is -0.320 e. The standard InChI is InChI=1S/C20H16Cl2N2OS2/c1-26-14-5-3-13(4-6-14)15-9-19(25)24-20(16(15)10-23)27-11-12-2-7-17(21)18(22)8-12/h2-8,15H,9,11H2,1H3,(H,24,25)/t15-/m1/s1. The number of amides is 1. The molecule has 1 amide bonds. The van der Waals surface area contributed by atoms with E-state index in [9.17, 15) is 10.1 Å². The highest BCUT2D eigenvalue weighted by molar-refractivity contribution is 8.02. The number of nitrogens with zero attached hydrogens (tertiary/aromatic N) is 1. The summed E-state index contributed by atoms with van der Waals surface area (Å²) in [5.74, 6) is 0.274. The van der Waals surface area contributed by atoms with Crippen molar-refractivity contribution in [3.05, 3.63) is 74.2 Å². The number of thioether (sulfide) groups is 2. The third kappa shape index (κ3) is 4.83. The Bertz CT molecular complexity index is 936. The van der Waals surface area contributed by atoms with Crippen LogP contribution in [0, 0.1) is 11.3 Å². The molecule has 1 atom stereocenters. The van der Waals surface area contributed by atoms with Crippen LogP contribution in [0.25, 0.3) is 0 Å². The predicted molar refractivity (Wildman–Crippen MR) is 114 cm³/mol. The number of carbonyl (C=O) groups is 1. The van der Waals surface area contributed by atoms with Gasteiger partial charge >= 0.3 is 0 Å². The maximum atomic E-state index is 12.2. The van der Waals surface area contributed by atoms with E-state index in [-0.39, 0.29) is 18.2 Å². The van der Waals surface area contributed by atoms with Gasteiger partial charge < -0.3 is 5.32 Å². The van der Waals surface area contributed by atoms with E-state index in [4.69, 9.17) is 23.2 Å². The van der Waals surface area contributed by atoms with Crippen LogP contribution in [0.15, 0.2) is 58.0 Å². The smallest absolute Gasteiger partial charge is 0.225 e. The van der Waals surface area contributed by atoms with E-state index >= 15 is 0 Å². The molecule has 3 rings (SSSR count). The van der Waals surface area contributed by atoms with E-state index in [0.717, 1.165) is 16.0 Å². The van der Waals surface area contributed by atoms with Crippen molar-refractivity contribution in [2.24, 2.45) is 0 Å². The monoisotopic (exact) mass is 434 g/mol. The minimum absolute atomic E-state index is 0.0791. The molecule has 27 heavy (non-hydrogen) atoms. The number of rotatable bonds is 5. The van der Waals surface area contributed by atoms with Gasteiger partial charge in [0.25, 0.3) is 0 Å². The van der Waals surface area contributed by atoms with E-state index in [0.29, 0.717) is 26.4 Å². The molecule has 0 radical (unpaired) electrons. The maximum absolute atomic E-state index is 12.2. The van der Waals surface area contributed by atoms with Crippen molar-refractivity contribution < 1.29 is 4.79 Å². The van der Waals surface area contributed by atoms with Crippen LogP contribution in [0.3, 0.4) is 0 Å². The lowest BCUT2D eigenvalue weighted by Crippen LogP contribution is -2.30. The van der Waals surface area contributed by atoms with Crippen molar-refractivity contribution in [2.75, 3.05) is 6.26 Å². The van der Waals surface area contributed by atoms with E-state index in [1.165, 1.54) is 11.8 Å². The lowest BCUT2D eigenvalue weighted by molar-refractivity contribution is -0.120. The van der Waals surface area contributed by atoms with Crippen LogP contribution in [0.2, 0.25) is 10.0 Å². The Morgan fingerprint density at radius 1 is 1.19 bits per heavy atom. The Morgan fingerprint density at radius 3 is 2.56 bits per heavy atom. The van der Waals surface area contributed by atoms with E-state index in [1.54, 1.807) is 23.9 Å². The molecular weight excluding hydrogens is 419 g/mol. The zero-order valence-corrected chi connectivity index (χ0v) is 17.6. The minimum atomic E-state index is -0.226. The van der Waals surface area contributed by atoms with Crippen LogP contribution in [0.1, 0.15) is 23.5 Å².